The standard InChI is InChI=1S/C14H22N2O/c17-10-8-12-4-6-13(7-5-12)16-11-14-3-1-2-9-15-14/h4-7,14-17H,1-3,8-11H2. The zero-order chi connectivity index (χ0) is 11.9. The zero-order valence-electron chi connectivity index (χ0n) is 10.3. The fourth-order valence-electron chi connectivity index (χ4n) is 2.26. The highest BCUT2D eigenvalue weighted by atomic mass is 16.2. The van der Waals surface area contributed by atoms with E-state index in [0.29, 0.717) is 6.04 Å². The van der Waals surface area contributed by atoms with Gasteiger partial charge in [-0.3, -0.25) is 0 Å². The van der Waals surface area contributed by atoms with E-state index in [4.69, 9.17) is 5.11 Å². The summed E-state index contributed by atoms with van der Waals surface area (Å²) in [6, 6.07) is 8.95. The summed E-state index contributed by atoms with van der Waals surface area (Å²) in [7, 11) is 0. The van der Waals surface area contributed by atoms with Crippen molar-refractivity contribution < 1.29 is 5.11 Å². The maximum absolute atomic E-state index is 8.84. The minimum Gasteiger partial charge on any atom is -0.396 e. The first-order valence-electron chi connectivity index (χ1n) is 6.55. The predicted molar refractivity (Wildman–Crippen MR) is 71.4 cm³/mol. The summed E-state index contributed by atoms with van der Waals surface area (Å²) < 4.78 is 0. The van der Waals surface area contributed by atoms with Crippen molar-refractivity contribution in [3.05, 3.63) is 29.8 Å². The van der Waals surface area contributed by atoms with Crippen LogP contribution >= 0.6 is 0 Å². The van der Waals surface area contributed by atoms with Crippen LogP contribution in [0.15, 0.2) is 24.3 Å². The molecular formula is C14H22N2O. The van der Waals surface area contributed by atoms with Crippen molar-refractivity contribution in [3.63, 3.8) is 0 Å². The number of anilines is 1. The molecule has 1 unspecified atom stereocenters. The Kier molecular flexibility index (Phi) is 4.83. The molecule has 0 radical (unpaired) electrons. The number of piperidine rings is 1. The van der Waals surface area contributed by atoms with Gasteiger partial charge in [0.05, 0.1) is 0 Å². The lowest BCUT2D eigenvalue weighted by atomic mass is 10.0. The lowest BCUT2D eigenvalue weighted by Crippen LogP contribution is -2.39. The van der Waals surface area contributed by atoms with Gasteiger partial charge in [-0.1, -0.05) is 18.6 Å². The summed E-state index contributed by atoms with van der Waals surface area (Å²) >= 11 is 0. The van der Waals surface area contributed by atoms with Crippen molar-refractivity contribution in [2.45, 2.75) is 31.7 Å². The van der Waals surface area contributed by atoms with Gasteiger partial charge in [-0.25, -0.2) is 0 Å². The molecule has 2 rings (SSSR count). The third-order valence-electron chi connectivity index (χ3n) is 3.32. The van der Waals surface area contributed by atoms with Gasteiger partial charge in [0.1, 0.15) is 0 Å². The van der Waals surface area contributed by atoms with E-state index in [0.717, 1.165) is 19.5 Å². The minimum absolute atomic E-state index is 0.221. The Labute approximate surface area is 103 Å². The number of hydrogen-bond donors (Lipinski definition) is 3. The topological polar surface area (TPSA) is 44.3 Å². The molecule has 0 amide bonds. The molecule has 0 spiro atoms. The van der Waals surface area contributed by atoms with Crippen LogP contribution in [0.1, 0.15) is 24.8 Å². The summed E-state index contributed by atoms with van der Waals surface area (Å²) in [5.41, 5.74) is 2.35. The molecule has 1 saturated heterocycles. The minimum atomic E-state index is 0.221. The summed E-state index contributed by atoms with van der Waals surface area (Å²) in [5.74, 6) is 0. The molecule has 0 bridgehead atoms. The van der Waals surface area contributed by atoms with E-state index >= 15 is 0 Å². The van der Waals surface area contributed by atoms with Crippen LogP contribution in [0.25, 0.3) is 0 Å². The maximum Gasteiger partial charge on any atom is 0.0471 e. The first-order valence-corrected chi connectivity index (χ1v) is 6.55. The van der Waals surface area contributed by atoms with E-state index in [1.165, 1.54) is 30.5 Å². The molecule has 1 aromatic carbocycles. The van der Waals surface area contributed by atoms with Crippen LogP contribution in [0.4, 0.5) is 5.69 Å². The van der Waals surface area contributed by atoms with Gasteiger partial charge in [-0.05, 0) is 43.5 Å². The number of rotatable bonds is 5. The van der Waals surface area contributed by atoms with E-state index in [1.807, 2.05) is 0 Å². The quantitative estimate of drug-likeness (QED) is 0.727. The van der Waals surface area contributed by atoms with Crippen molar-refractivity contribution in [3.8, 4) is 0 Å². The maximum atomic E-state index is 8.84. The third-order valence-corrected chi connectivity index (χ3v) is 3.32. The molecule has 0 aliphatic carbocycles. The molecule has 1 atom stereocenters. The van der Waals surface area contributed by atoms with Crippen molar-refractivity contribution in [2.75, 3.05) is 25.0 Å². The lowest BCUT2D eigenvalue weighted by molar-refractivity contribution is 0.299. The molecule has 1 aliphatic rings. The highest BCUT2D eigenvalue weighted by Crippen LogP contribution is 2.12. The fraction of sp³-hybridized carbons (Fsp3) is 0.571. The Bertz CT molecular complexity index is 317. The largest absolute Gasteiger partial charge is 0.396 e. The van der Waals surface area contributed by atoms with Crippen LogP contribution in [0.2, 0.25) is 0 Å². The Hall–Kier alpha value is -1.06. The molecule has 1 aromatic rings. The number of benzene rings is 1. The molecule has 1 fully saturated rings. The van der Waals surface area contributed by atoms with Crippen LogP contribution in [0, 0.1) is 0 Å². The molecule has 3 heteroatoms. The summed E-state index contributed by atoms with van der Waals surface area (Å²) in [6.07, 6.45) is 4.67. The van der Waals surface area contributed by atoms with Crippen LogP contribution in [0.5, 0.6) is 0 Å². The van der Waals surface area contributed by atoms with Gasteiger partial charge in [0.15, 0.2) is 0 Å². The normalized spacial score (nSPS) is 20.2. The average molecular weight is 234 g/mol. The molecule has 17 heavy (non-hydrogen) atoms. The number of aliphatic hydroxyl groups is 1. The Morgan fingerprint density at radius 2 is 2.06 bits per heavy atom. The molecule has 3 N–H and O–H groups in total. The molecule has 3 nitrogen and oxygen atoms in total. The SMILES string of the molecule is OCCc1ccc(NCC2CCCCN2)cc1. The smallest absolute Gasteiger partial charge is 0.0471 e. The Balaban J connectivity index is 1.77. The summed E-state index contributed by atoms with van der Waals surface area (Å²) in [6.45, 7) is 2.37. The predicted octanol–water partition coefficient (Wildman–Crippen LogP) is 1.78. The monoisotopic (exact) mass is 234 g/mol. The van der Waals surface area contributed by atoms with E-state index < -0.39 is 0 Å². The molecule has 94 valence electrons. The van der Waals surface area contributed by atoms with E-state index in [1.54, 1.807) is 0 Å². The van der Waals surface area contributed by atoms with Crippen molar-refractivity contribution in [1.82, 2.24) is 5.32 Å². The number of aliphatic hydroxyl groups excluding tert-OH is 1. The first kappa shape index (κ1) is 12.4. The van der Waals surface area contributed by atoms with Gasteiger partial charge in [0.2, 0.25) is 0 Å². The van der Waals surface area contributed by atoms with Crippen LogP contribution in [-0.4, -0.2) is 30.8 Å². The van der Waals surface area contributed by atoms with Gasteiger partial charge in [-0.15, -0.1) is 0 Å². The van der Waals surface area contributed by atoms with Crippen LogP contribution < -0.4 is 10.6 Å². The third kappa shape index (κ3) is 4.02. The van der Waals surface area contributed by atoms with Crippen molar-refractivity contribution in [1.29, 1.82) is 0 Å². The fourth-order valence-corrected chi connectivity index (χ4v) is 2.26. The molecular weight excluding hydrogens is 212 g/mol. The van der Waals surface area contributed by atoms with Crippen molar-refractivity contribution >= 4 is 5.69 Å². The Morgan fingerprint density at radius 1 is 1.24 bits per heavy atom. The second kappa shape index (κ2) is 6.62. The van der Waals surface area contributed by atoms with Gasteiger partial charge in [-0.2, -0.15) is 0 Å². The van der Waals surface area contributed by atoms with E-state index in [-0.39, 0.29) is 6.61 Å². The lowest BCUT2D eigenvalue weighted by Gasteiger charge is -2.24. The molecule has 1 aliphatic heterocycles. The van der Waals surface area contributed by atoms with Crippen molar-refractivity contribution in [2.24, 2.45) is 0 Å². The summed E-state index contributed by atoms with van der Waals surface area (Å²) in [5, 5.41) is 15.8. The second-order valence-electron chi connectivity index (χ2n) is 4.70. The van der Waals surface area contributed by atoms with Gasteiger partial charge < -0.3 is 15.7 Å². The molecule has 0 saturated carbocycles. The highest BCUT2D eigenvalue weighted by Gasteiger charge is 2.11. The summed E-state index contributed by atoms with van der Waals surface area (Å²) in [4.78, 5) is 0. The van der Waals surface area contributed by atoms with E-state index in [9.17, 15) is 0 Å². The number of hydrogen-bond acceptors (Lipinski definition) is 3. The Morgan fingerprint density at radius 3 is 2.71 bits per heavy atom. The average Bonchev–Trinajstić information content (AvgIpc) is 2.40. The first-order chi connectivity index (χ1) is 8.38. The highest BCUT2D eigenvalue weighted by molar-refractivity contribution is 5.44. The van der Waals surface area contributed by atoms with Gasteiger partial charge >= 0.3 is 0 Å². The number of nitrogens with one attached hydrogen (secondary N) is 2. The van der Waals surface area contributed by atoms with Gasteiger partial charge in [0.25, 0.3) is 0 Å². The zero-order valence-corrected chi connectivity index (χ0v) is 10.3. The molecule has 1 heterocycles. The van der Waals surface area contributed by atoms with E-state index in [2.05, 4.69) is 34.9 Å². The second-order valence-corrected chi connectivity index (χ2v) is 4.70. The van der Waals surface area contributed by atoms with Crippen LogP contribution in [-0.2, 0) is 6.42 Å². The van der Waals surface area contributed by atoms with Crippen LogP contribution in [0.3, 0.4) is 0 Å². The van der Waals surface area contributed by atoms with Gasteiger partial charge in [0, 0.05) is 24.9 Å². The molecule has 0 aromatic heterocycles.